The molecule has 1 N–H and O–H groups in total. The Kier molecular flexibility index (Phi) is 4.38. The van der Waals surface area contributed by atoms with Crippen molar-refractivity contribution in [2.24, 2.45) is 0 Å². The van der Waals surface area contributed by atoms with Gasteiger partial charge in [0.2, 0.25) is 0 Å². The van der Waals surface area contributed by atoms with Gasteiger partial charge in [0.1, 0.15) is 0 Å². The van der Waals surface area contributed by atoms with Gasteiger partial charge in [-0.3, -0.25) is 0 Å². The number of hydrogen-bond acceptors (Lipinski definition) is 1. The number of fused-ring (bicyclic) bond motifs is 1. The maximum absolute atomic E-state index is 3.82. The smallest absolute Gasteiger partial charge is 0.0323 e. The van der Waals surface area contributed by atoms with Crippen LogP contribution in [0.15, 0.2) is 30.9 Å². The van der Waals surface area contributed by atoms with Crippen molar-refractivity contribution in [3.8, 4) is 0 Å². The Labute approximate surface area is 105 Å². The second-order valence-electron chi connectivity index (χ2n) is 4.86. The van der Waals surface area contributed by atoms with Gasteiger partial charge in [0, 0.05) is 6.04 Å². The summed E-state index contributed by atoms with van der Waals surface area (Å²) in [6, 6.07) is 7.54. The summed E-state index contributed by atoms with van der Waals surface area (Å²) in [7, 11) is 0. The molecule has 92 valence electrons. The minimum absolute atomic E-state index is 0.490. The number of benzene rings is 1. The van der Waals surface area contributed by atoms with Crippen LogP contribution in [0, 0.1) is 0 Å². The van der Waals surface area contributed by atoms with E-state index in [4.69, 9.17) is 0 Å². The maximum atomic E-state index is 3.82. The van der Waals surface area contributed by atoms with E-state index in [9.17, 15) is 0 Å². The Hall–Kier alpha value is -1.08. The lowest BCUT2D eigenvalue weighted by Crippen LogP contribution is -2.20. The largest absolute Gasteiger partial charge is 0.310 e. The minimum Gasteiger partial charge on any atom is -0.310 e. The van der Waals surface area contributed by atoms with E-state index in [0.717, 1.165) is 19.4 Å². The van der Waals surface area contributed by atoms with Gasteiger partial charge in [0.05, 0.1) is 0 Å². The molecule has 0 fully saturated rings. The van der Waals surface area contributed by atoms with Crippen LogP contribution >= 0.6 is 0 Å². The van der Waals surface area contributed by atoms with E-state index in [-0.39, 0.29) is 0 Å². The van der Waals surface area contributed by atoms with E-state index in [1.54, 1.807) is 11.1 Å². The fourth-order valence-electron chi connectivity index (χ4n) is 2.73. The Morgan fingerprint density at radius 1 is 1.35 bits per heavy atom. The Balaban J connectivity index is 2.14. The van der Waals surface area contributed by atoms with Gasteiger partial charge < -0.3 is 5.32 Å². The molecule has 1 unspecified atom stereocenters. The normalized spacial score (nSPS) is 15.6. The minimum atomic E-state index is 0.490. The molecule has 0 saturated heterocycles. The summed E-state index contributed by atoms with van der Waals surface area (Å²) in [6.45, 7) is 7.02. The van der Waals surface area contributed by atoms with Gasteiger partial charge in [-0.1, -0.05) is 31.2 Å². The molecule has 1 nitrogen and oxygen atoms in total. The van der Waals surface area contributed by atoms with Crippen LogP contribution in [0.3, 0.4) is 0 Å². The van der Waals surface area contributed by atoms with Crippen LogP contribution in [0.25, 0.3) is 0 Å². The highest BCUT2D eigenvalue weighted by Gasteiger charge is 2.14. The lowest BCUT2D eigenvalue weighted by molar-refractivity contribution is 0.519. The molecule has 0 bridgehead atoms. The third-order valence-corrected chi connectivity index (χ3v) is 3.63. The van der Waals surface area contributed by atoms with Crippen molar-refractivity contribution in [2.45, 2.75) is 45.1 Å². The Morgan fingerprint density at radius 2 is 2.18 bits per heavy atom. The third-order valence-electron chi connectivity index (χ3n) is 3.63. The summed E-state index contributed by atoms with van der Waals surface area (Å²) in [5.74, 6) is 0. The molecule has 1 heteroatoms. The zero-order valence-corrected chi connectivity index (χ0v) is 10.8. The molecule has 1 aromatic rings. The fourth-order valence-corrected chi connectivity index (χ4v) is 2.73. The van der Waals surface area contributed by atoms with Crippen molar-refractivity contribution < 1.29 is 0 Å². The van der Waals surface area contributed by atoms with Crippen molar-refractivity contribution in [1.29, 1.82) is 0 Å². The summed E-state index contributed by atoms with van der Waals surface area (Å²) >= 11 is 0. The van der Waals surface area contributed by atoms with Gasteiger partial charge in [-0.25, -0.2) is 0 Å². The molecular weight excluding hydrogens is 206 g/mol. The summed E-state index contributed by atoms with van der Waals surface area (Å²) in [5, 5.41) is 3.58. The summed E-state index contributed by atoms with van der Waals surface area (Å²) in [6.07, 6.45) is 8.11. The zero-order chi connectivity index (χ0) is 12.1. The average Bonchev–Trinajstić information content (AvgIpc) is 2.81. The number of rotatable bonds is 6. The SMILES string of the molecule is C=CCCC(NCC)c1ccc2c(c1)CCC2. The van der Waals surface area contributed by atoms with E-state index in [2.05, 4.69) is 37.0 Å². The molecule has 0 aromatic heterocycles. The molecule has 17 heavy (non-hydrogen) atoms. The summed E-state index contributed by atoms with van der Waals surface area (Å²) in [4.78, 5) is 0. The maximum Gasteiger partial charge on any atom is 0.0323 e. The molecule has 1 aromatic carbocycles. The van der Waals surface area contributed by atoms with Gasteiger partial charge in [0.25, 0.3) is 0 Å². The van der Waals surface area contributed by atoms with Gasteiger partial charge >= 0.3 is 0 Å². The van der Waals surface area contributed by atoms with Crippen molar-refractivity contribution in [3.63, 3.8) is 0 Å². The van der Waals surface area contributed by atoms with E-state index in [1.807, 2.05) is 6.08 Å². The molecule has 0 spiro atoms. The molecule has 0 radical (unpaired) electrons. The van der Waals surface area contributed by atoms with Gasteiger partial charge in [-0.2, -0.15) is 0 Å². The van der Waals surface area contributed by atoms with E-state index >= 15 is 0 Å². The van der Waals surface area contributed by atoms with E-state index in [0.29, 0.717) is 6.04 Å². The molecule has 0 aliphatic heterocycles. The number of aryl methyl sites for hydroxylation is 2. The van der Waals surface area contributed by atoms with Crippen molar-refractivity contribution >= 4 is 0 Å². The van der Waals surface area contributed by atoms with Gasteiger partial charge in [0.15, 0.2) is 0 Å². The average molecular weight is 229 g/mol. The first kappa shape index (κ1) is 12.4. The van der Waals surface area contributed by atoms with Crippen molar-refractivity contribution in [1.82, 2.24) is 5.32 Å². The molecular formula is C16H23N. The lowest BCUT2D eigenvalue weighted by atomic mass is 9.98. The predicted molar refractivity (Wildman–Crippen MR) is 74.3 cm³/mol. The second-order valence-corrected chi connectivity index (χ2v) is 4.86. The first-order valence-corrected chi connectivity index (χ1v) is 6.81. The topological polar surface area (TPSA) is 12.0 Å². The van der Waals surface area contributed by atoms with Crippen LogP contribution in [-0.4, -0.2) is 6.54 Å². The standard InChI is InChI=1S/C16H23N/c1-3-5-9-16(17-4-2)15-11-10-13-7-6-8-14(13)12-15/h3,10-12,16-17H,1,4-9H2,2H3. The number of hydrogen-bond donors (Lipinski definition) is 1. The number of allylic oxidation sites excluding steroid dienone is 1. The molecule has 0 heterocycles. The van der Waals surface area contributed by atoms with Crippen LogP contribution in [0.2, 0.25) is 0 Å². The predicted octanol–water partition coefficient (Wildman–Crippen LogP) is 3.79. The molecule has 1 atom stereocenters. The van der Waals surface area contributed by atoms with Crippen LogP contribution in [-0.2, 0) is 12.8 Å². The van der Waals surface area contributed by atoms with Crippen LogP contribution in [0.4, 0.5) is 0 Å². The molecule has 1 aliphatic carbocycles. The first-order valence-electron chi connectivity index (χ1n) is 6.81. The highest BCUT2D eigenvalue weighted by Crippen LogP contribution is 2.27. The molecule has 0 saturated carbocycles. The third kappa shape index (κ3) is 2.98. The number of nitrogens with one attached hydrogen (secondary N) is 1. The lowest BCUT2D eigenvalue weighted by Gasteiger charge is -2.18. The van der Waals surface area contributed by atoms with Crippen LogP contribution in [0.5, 0.6) is 0 Å². The zero-order valence-electron chi connectivity index (χ0n) is 10.8. The fraction of sp³-hybridized carbons (Fsp3) is 0.500. The van der Waals surface area contributed by atoms with Crippen LogP contribution in [0.1, 0.15) is 48.9 Å². The Morgan fingerprint density at radius 3 is 2.94 bits per heavy atom. The van der Waals surface area contributed by atoms with E-state index in [1.165, 1.54) is 24.8 Å². The van der Waals surface area contributed by atoms with Gasteiger partial charge in [-0.05, 0) is 55.3 Å². The van der Waals surface area contributed by atoms with Crippen molar-refractivity contribution in [3.05, 3.63) is 47.5 Å². The molecule has 2 rings (SSSR count). The second kappa shape index (κ2) is 6.02. The molecule has 1 aliphatic rings. The molecule has 0 amide bonds. The summed E-state index contributed by atoms with van der Waals surface area (Å²) in [5.41, 5.74) is 4.59. The van der Waals surface area contributed by atoms with Crippen LogP contribution < -0.4 is 5.32 Å². The van der Waals surface area contributed by atoms with E-state index < -0.39 is 0 Å². The highest BCUT2D eigenvalue weighted by atomic mass is 14.9. The summed E-state index contributed by atoms with van der Waals surface area (Å²) < 4.78 is 0. The highest BCUT2D eigenvalue weighted by molar-refractivity contribution is 5.36. The van der Waals surface area contributed by atoms with Gasteiger partial charge in [-0.15, -0.1) is 6.58 Å². The quantitative estimate of drug-likeness (QED) is 0.732. The monoisotopic (exact) mass is 229 g/mol. The first-order chi connectivity index (χ1) is 8.35. The Bertz CT molecular complexity index is 381. The van der Waals surface area contributed by atoms with Crippen molar-refractivity contribution in [2.75, 3.05) is 6.54 Å².